The molecule has 2 heterocycles. The molecule has 2 rings (SSSR count). The summed E-state index contributed by atoms with van der Waals surface area (Å²) in [6, 6.07) is 0. The average Bonchev–Trinajstić information content (AvgIpc) is 3.14. The van der Waals surface area contributed by atoms with Gasteiger partial charge in [0, 0.05) is 32.4 Å². The van der Waals surface area contributed by atoms with Crippen LogP contribution < -0.4 is 0 Å². The van der Waals surface area contributed by atoms with Crippen molar-refractivity contribution in [3.8, 4) is 0 Å². The third-order valence-electron chi connectivity index (χ3n) is 4.77. The van der Waals surface area contributed by atoms with Crippen molar-refractivity contribution in [1.29, 1.82) is 0 Å². The zero-order valence-electron chi connectivity index (χ0n) is 17.7. The minimum Gasteiger partial charge on any atom is -0.378 e. The summed E-state index contributed by atoms with van der Waals surface area (Å²) in [5.41, 5.74) is 0.845. The summed E-state index contributed by atoms with van der Waals surface area (Å²) in [7, 11) is -0.783. The Morgan fingerprint density at radius 2 is 1.66 bits per heavy atom. The van der Waals surface area contributed by atoms with E-state index < -0.39 is 9.84 Å². The Morgan fingerprint density at radius 3 is 2.31 bits per heavy atom. The number of aromatic nitrogens is 3. The van der Waals surface area contributed by atoms with E-state index in [0.717, 1.165) is 25.4 Å². The summed E-state index contributed by atoms with van der Waals surface area (Å²) in [5.74, 6) is 0.443. The maximum Gasteiger partial charge on any atom is 0.152 e. The van der Waals surface area contributed by atoms with E-state index in [1.165, 1.54) is 0 Å². The largest absolute Gasteiger partial charge is 0.378 e. The standard InChI is InChI=1S/C18H35N5O5S/c1-3-21(2)4-8-26-10-12-28-13-11-27-9-5-23-17-18(19-20-23)16-22-6-14-29(24,25)15-7-22/h17H,3-16H2,1-2H3. The van der Waals surface area contributed by atoms with Crippen LogP contribution in [0.15, 0.2) is 6.20 Å². The van der Waals surface area contributed by atoms with Gasteiger partial charge in [0.25, 0.3) is 0 Å². The molecule has 1 aromatic heterocycles. The molecule has 0 unspecified atom stereocenters. The first-order valence-corrected chi connectivity index (χ1v) is 12.0. The van der Waals surface area contributed by atoms with E-state index in [2.05, 4.69) is 34.1 Å². The number of hydrogen-bond acceptors (Lipinski definition) is 9. The quantitative estimate of drug-likeness (QED) is 0.339. The van der Waals surface area contributed by atoms with Crippen molar-refractivity contribution in [2.75, 3.05) is 84.4 Å². The van der Waals surface area contributed by atoms with Gasteiger partial charge in [-0.25, -0.2) is 13.1 Å². The van der Waals surface area contributed by atoms with Crippen molar-refractivity contribution in [1.82, 2.24) is 24.8 Å². The highest BCUT2D eigenvalue weighted by molar-refractivity contribution is 7.91. The molecule has 0 radical (unpaired) electrons. The van der Waals surface area contributed by atoms with E-state index >= 15 is 0 Å². The molecule has 0 aromatic carbocycles. The monoisotopic (exact) mass is 433 g/mol. The van der Waals surface area contributed by atoms with Gasteiger partial charge in [-0.2, -0.15) is 0 Å². The van der Waals surface area contributed by atoms with Gasteiger partial charge in [0.15, 0.2) is 9.84 Å². The van der Waals surface area contributed by atoms with Crippen LogP contribution in [0.1, 0.15) is 12.6 Å². The summed E-state index contributed by atoms with van der Waals surface area (Å²) in [6.07, 6.45) is 1.89. The topological polar surface area (TPSA) is 99.0 Å². The molecule has 29 heavy (non-hydrogen) atoms. The molecular weight excluding hydrogens is 398 g/mol. The first-order chi connectivity index (χ1) is 14.0. The van der Waals surface area contributed by atoms with Gasteiger partial charge in [-0.3, -0.25) is 4.90 Å². The normalized spacial score (nSPS) is 17.2. The Labute approximate surface area is 174 Å². The molecule has 1 saturated heterocycles. The van der Waals surface area contributed by atoms with Crippen molar-refractivity contribution in [2.45, 2.75) is 20.0 Å². The van der Waals surface area contributed by atoms with Crippen LogP contribution in [0, 0.1) is 0 Å². The molecule has 0 saturated carbocycles. The Balaban J connectivity index is 1.44. The van der Waals surface area contributed by atoms with E-state index in [1.807, 2.05) is 6.20 Å². The molecule has 0 amide bonds. The summed E-state index contributed by atoms with van der Waals surface area (Å²) < 4.78 is 41.2. The highest BCUT2D eigenvalue weighted by Gasteiger charge is 2.22. The van der Waals surface area contributed by atoms with Crippen molar-refractivity contribution in [3.05, 3.63) is 11.9 Å². The predicted octanol–water partition coefficient (Wildman–Crippen LogP) is -0.490. The zero-order valence-corrected chi connectivity index (χ0v) is 18.5. The fourth-order valence-electron chi connectivity index (χ4n) is 2.74. The number of sulfone groups is 1. The molecule has 0 bridgehead atoms. The highest BCUT2D eigenvalue weighted by atomic mass is 32.2. The maximum absolute atomic E-state index is 11.5. The van der Waals surface area contributed by atoms with Gasteiger partial charge < -0.3 is 19.1 Å². The van der Waals surface area contributed by atoms with Gasteiger partial charge >= 0.3 is 0 Å². The van der Waals surface area contributed by atoms with Gasteiger partial charge in [-0.05, 0) is 13.6 Å². The Bertz CT molecular complexity index is 655. The molecular formula is C18H35N5O5S. The lowest BCUT2D eigenvalue weighted by molar-refractivity contribution is 0.0101. The lowest BCUT2D eigenvalue weighted by atomic mass is 10.4. The van der Waals surface area contributed by atoms with Crippen LogP contribution in [-0.2, 0) is 37.1 Å². The van der Waals surface area contributed by atoms with Crippen LogP contribution in [-0.4, -0.2) is 118 Å². The summed E-state index contributed by atoms with van der Waals surface area (Å²) in [6.45, 7) is 9.94. The van der Waals surface area contributed by atoms with Gasteiger partial charge in [0.2, 0.25) is 0 Å². The summed E-state index contributed by atoms with van der Waals surface area (Å²) >= 11 is 0. The number of nitrogens with zero attached hydrogens (tertiary/aromatic N) is 5. The lowest BCUT2D eigenvalue weighted by Crippen LogP contribution is -2.39. The SMILES string of the molecule is CCN(C)CCOCCOCCOCCn1cc(CN2CCS(=O)(=O)CC2)nn1. The molecule has 10 nitrogen and oxygen atoms in total. The number of rotatable bonds is 15. The number of hydrogen-bond donors (Lipinski definition) is 0. The minimum absolute atomic E-state index is 0.222. The maximum atomic E-state index is 11.5. The second kappa shape index (κ2) is 13.2. The summed E-state index contributed by atoms with van der Waals surface area (Å²) in [4.78, 5) is 4.29. The van der Waals surface area contributed by atoms with Gasteiger partial charge in [-0.15, -0.1) is 5.10 Å². The molecule has 0 atom stereocenters. The van der Waals surface area contributed by atoms with Crippen molar-refractivity contribution < 1.29 is 22.6 Å². The van der Waals surface area contributed by atoms with E-state index in [4.69, 9.17) is 14.2 Å². The van der Waals surface area contributed by atoms with E-state index in [1.54, 1.807) is 4.68 Å². The van der Waals surface area contributed by atoms with Crippen LogP contribution in [0.3, 0.4) is 0 Å². The van der Waals surface area contributed by atoms with Crippen molar-refractivity contribution in [3.63, 3.8) is 0 Å². The summed E-state index contributed by atoms with van der Waals surface area (Å²) in [5, 5.41) is 8.25. The van der Waals surface area contributed by atoms with E-state index in [0.29, 0.717) is 59.2 Å². The fourth-order valence-corrected chi connectivity index (χ4v) is 4.01. The third kappa shape index (κ3) is 10.5. The molecule has 0 N–H and O–H groups in total. The van der Waals surface area contributed by atoms with Crippen LogP contribution in [0.25, 0.3) is 0 Å². The second-order valence-corrected chi connectivity index (χ2v) is 9.44. The first-order valence-electron chi connectivity index (χ1n) is 10.2. The predicted molar refractivity (Wildman–Crippen MR) is 110 cm³/mol. The van der Waals surface area contributed by atoms with Crippen molar-refractivity contribution in [2.24, 2.45) is 0 Å². The van der Waals surface area contributed by atoms with Crippen LogP contribution in [0.5, 0.6) is 0 Å². The number of ether oxygens (including phenoxy) is 3. The third-order valence-corrected chi connectivity index (χ3v) is 6.38. The fraction of sp³-hybridized carbons (Fsp3) is 0.889. The second-order valence-electron chi connectivity index (χ2n) is 7.13. The molecule has 1 fully saturated rings. The first kappa shape index (κ1) is 24.2. The zero-order chi connectivity index (χ0) is 21.0. The Hall–Kier alpha value is -1.11. The van der Waals surface area contributed by atoms with Crippen molar-refractivity contribution >= 4 is 9.84 Å². The Morgan fingerprint density at radius 1 is 1.03 bits per heavy atom. The average molecular weight is 434 g/mol. The number of likely N-dealkylation sites (N-methyl/N-ethyl adjacent to an activating group) is 1. The highest BCUT2D eigenvalue weighted by Crippen LogP contribution is 2.07. The van der Waals surface area contributed by atoms with E-state index in [9.17, 15) is 8.42 Å². The Kier molecular flexibility index (Phi) is 11.0. The van der Waals surface area contributed by atoms with Gasteiger partial charge in [0.1, 0.15) is 0 Å². The molecule has 0 aliphatic carbocycles. The molecule has 168 valence electrons. The molecule has 0 spiro atoms. The minimum atomic E-state index is -2.85. The van der Waals surface area contributed by atoms with Gasteiger partial charge in [0.05, 0.1) is 63.4 Å². The van der Waals surface area contributed by atoms with E-state index in [-0.39, 0.29) is 11.5 Å². The smallest absolute Gasteiger partial charge is 0.152 e. The molecule has 1 aromatic rings. The lowest BCUT2D eigenvalue weighted by Gasteiger charge is -2.25. The molecule has 1 aliphatic heterocycles. The van der Waals surface area contributed by atoms with Crippen LogP contribution in [0.2, 0.25) is 0 Å². The van der Waals surface area contributed by atoms with Gasteiger partial charge in [-0.1, -0.05) is 12.1 Å². The van der Waals surface area contributed by atoms with Crippen LogP contribution in [0.4, 0.5) is 0 Å². The molecule has 1 aliphatic rings. The van der Waals surface area contributed by atoms with Crippen LogP contribution >= 0.6 is 0 Å². The molecule has 11 heteroatoms.